The Kier molecular flexibility index (Phi) is 7.80. The fourth-order valence-electron chi connectivity index (χ4n) is 3.93. The number of carboxylic acid groups (broad SMARTS) is 1. The summed E-state index contributed by atoms with van der Waals surface area (Å²) in [5, 5.41) is 11.2. The molecule has 0 unspecified atom stereocenters. The molecule has 192 valence electrons. The Morgan fingerprint density at radius 2 is 1.92 bits per heavy atom. The van der Waals surface area contributed by atoms with Crippen molar-refractivity contribution >= 4 is 41.0 Å². The van der Waals surface area contributed by atoms with Gasteiger partial charge in [-0.1, -0.05) is 41.1 Å². The van der Waals surface area contributed by atoms with Crippen molar-refractivity contribution in [2.75, 3.05) is 20.3 Å². The van der Waals surface area contributed by atoms with Gasteiger partial charge in [-0.2, -0.15) is 0 Å². The molecule has 0 spiro atoms. The minimum Gasteiger partial charge on any atom is -0.546 e. The summed E-state index contributed by atoms with van der Waals surface area (Å²) in [6.45, 7) is 2.98. The first-order valence-corrected chi connectivity index (χ1v) is 12.4. The van der Waals surface area contributed by atoms with E-state index in [1.807, 2.05) is 0 Å². The zero-order chi connectivity index (χ0) is 26.7. The normalized spacial score (nSPS) is 15.1. The molecule has 2 heterocycles. The average molecular weight is 542 g/mol. The molecule has 4 rings (SSSR count). The van der Waals surface area contributed by atoms with Gasteiger partial charge in [0.1, 0.15) is 6.61 Å². The third kappa shape index (κ3) is 5.45. The highest BCUT2D eigenvalue weighted by molar-refractivity contribution is 7.07. The Morgan fingerprint density at radius 1 is 1.19 bits per heavy atom. The molecule has 0 radical (unpaired) electrons. The highest BCUT2D eigenvalue weighted by atomic mass is 35.5. The van der Waals surface area contributed by atoms with Crippen molar-refractivity contribution in [3.05, 3.63) is 89.6 Å². The number of halogens is 1. The number of esters is 1. The Bertz CT molecular complexity index is 1570. The second-order valence-corrected chi connectivity index (χ2v) is 9.37. The number of benzene rings is 2. The molecule has 1 atom stereocenters. The predicted octanol–water partition coefficient (Wildman–Crippen LogP) is 1.59. The van der Waals surface area contributed by atoms with Crippen LogP contribution in [0, 0.1) is 0 Å². The van der Waals surface area contributed by atoms with Crippen LogP contribution in [-0.2, 0) is 14.3 Å². The molecule has 0 bridgehead atoms. The fourth-order valence-corrected chi connectivity index (χ4v) is 5.11. The lowest BCUT2D eigenvalue weighted by molar-refractivity contribution is -0.307. The Labute approximate surface area is 220 Å². The van der Waals surface area contributed by atoms with Crippen LogP contribution in [0.15, 0.2) is 63.5 Å². The van der Waals surface area contributed by atoms with Gasteiger partial charge in [-0.25, -0.2) is 9.79 Å². The fraction of sp³-hybridized carbons (Fsp3) is 0.231. The van der Waals surface area contributed by atoms with E-state index in [-0.39, 0.29) is 23.5 Å². The monoisotopic (exact) mass is 541 g/mol. The molecular weight excluding hydrogens is 520 g/mol. The number of hydrogen-bond donors (Lipinski definition) is 0. The predicted molar refractivity (Wildman–Crippen MR) is 135 cm³/mol. The van der Waals surface area contributed by atoms with Crippen LogP contribution < -0.4 is 29.5 Å². The first-order chi connectivity index (χ1) is 17.7. The maximum Gasteiger partial charge on any atom is 0.338 e. The lowest BCUT2D eigenvalue weighted by atomic mass is 9.96. The van der Waals surface area contributed by atoms with Crippen molar-refractivity contribution < 1.29 is 28.9 Å². The molecular formula is C26H22ClN2O7S-. The Balaban J connectivity index is 1.85. The average Bonchev–Trinajstić information content (AvgIpc) is 3.17. The minimum absolute atomic E-state index is 0.178. The van der Waals surface area contributed by atoms with Crippen LogP contribution in [0.3, 0.4) is 0 Å². The van der Waals surface area contributed by atoms with E-state index >= 15 is 0 Å². The zero-order valence-electron chi connectivity index (χ0n) is 20.1. The zero-order valence-corrected chi connectivity index (χ0v) is 21.7. The summed E-state index contributed by atoms with van der Waals surface area (Å²) >= 11 is 7.26. The highest BCUT2D eigenvalue weighted by Gasteiger charge is 2.33. The van der Waals surface area contributed by atoms with Gasteiger partial charge in [0, 0.05) is 5.02 Å². The topological polar surface area (TPSA) is 119 Å². The smallest absolute Gasteiger partial charge is 0.338 e. The summed E-state index contributed by atoms with van der Waals surface area (Å²) in [6.07, 6.45) is 1.66. The highest BCUT2D eigenvalue weighted by Crippen LogP contribution is 2.31. The first-order valence-electron chi connectivity index (χ1n) is 11.2. The van der Waals surface area contributed by atoms with Gasteiger partial charge in [0.15, 0.2) is 16.3 Å². The van der Waals surface area contributed by atoms with E-state index in [4.69, 9.17) is 25.8 Å². The second-order valence-electron chi connectivity index (χ2n) is 7.92. The molecule has 0 saturated heterocycles. The maximum atomic E-state index is 13.7. The van der Waals surface area contributed by atoms with Gasteiger partial charge in [0.05, 0.1) is 41.5 Å². The molecule has 1 aliphatic rings. The van der Waals surface area contributed by atoms with Gasteiger partial charge in [0.2, 0.25) is 0 Å². The lowest BCUT2D eigenvalue weighted by Gasteiger charge is -2.24. The summed E-state index contributed by atoms with van der Waals surface area (Å²) in [5.41, 5.74) is 1.70. The molecule has 0 amide bonds. The molecule has 3 aromatic rings. The molecule has 11 heteroatoms. The molecule has 0 N–H and O–H groups in total. The molecule has 1 aliphatic heterocycles. The van der Waals surface area contributed by atoms with Gasteiger partial charge in [-0.15, -0.1) is 0 Å². The third-order valence-electron chi connectivity index (χ3n) is 5.53. The van der Waals surface area contributed by atoms with Crippen LogP contribution in [0.4, 0.5) is 0 Å². The van der Waals surface area contributed by atoms with E-state index in [9.17, 15) is 19.5 Å². The van der Waals surface area contributed by atoms with Crippen LogP contribution >= 0.6 is 22.9 Å². The Hall–Kier alpha value is -3.89. The van der Waals surface area contributed by atoms with Gasteiger partial charge in [-0.3, -0.25) is 9.36 Å². The molecule has 1 aromatic heterocycles. The SMILES string of the molecule is CCOC(=O)C1=C(C)N=c2s/c(=C/c3ccc(OCC(=O)[O-])c(OC)c3)c(=O)n2[C@H]1c1ccc(Cl)cc1. The third-order valence-corrected chi connectivity index (χ3v) is 6.77. The van der Waals surface area contributed by atoms with E-state index < -0.39 is 24.6 Å². The number of carboxylic acids is 1. The number of nitrogens with zero attached hydrogens (tertiary/aromatic N) is 2. The molecule has 37 heavy (non-hydrogen) atoms. The number of rotatable bonds is 8. The van der Waals surface area contributed by atoms with Gasteiger partial charge >= 0.3 is 5.97 Å². The molecule has 0 saturated carbocycles. The summed E-state index contributed by atoms with van der Waals surface area (Å²) < 4.78 is 17.6. The Morgan fingerprint density at radius 3 is 2.57 bits per heavy atom. The van der Waals surface area contributed by atoms with E-state index in [0.717, 1.165) is 0 Å². The lowest BCUT2D eigenvalue weighted by Crippen LogP contribution is -2.39. The summed E-state index contributed by atoms with van der Waals surface area (Å²) in [5.74, 6) is -1.39. The van der Waals surface area contributed by atoms with Crippen molar-refractivity contribution in [1.82, 2.24) is 4.57 Å². The van der Waals surface area contributed by atoms with E-state index in [1.54, 1.807) is 62.4 Å². The van der Waals surface area contributed by atoms with Crippen molar-refractivity contribution in [2.24, 2.45) is 4.99 Å². The van der Waals surface area contributed by atoms with E-state index in [1.165, 1.54) is 23.0 Å². The maximum absolute atomic E-state index is 13.7. The molecule has 0 fully saturated rings. The number of aliphatic carboxylic acids is 1. The minimum atomic E-state index is -1.36. The number of aromatic nitrogens is 1. The number of ether oxygens (including phenoxy) is 3. The summed E-state index contributed by atoms with van der Waals surface area (Å²) in [7, 11) is 1.42. The van der Waals surface area contributed by atoms with Crippen LogP contribution in [0.1, 0.15) is 31.0 Å². The van der Waals surface area contributed by atoms with Gasteiger partial charge in [-0.05, 0) is 55.3 Å². The number of hydrogen-bond acceptors (Lipinski definition) is 9. The van der Waals surface area contributed by atoms with Crippen LogP contribution in [0.2, 0.25) is 5.02 Å². The van der Waals surface area contributed by atoms with E-state index in [0.29, 0.717) is 36.9 Å². The number of allylic oxidation sites excluding steroid dienone is 1. The van der Waals surface area contributed by atoms with Crippen LogP contribution in [0.25, 0.3) is 6.08 Å². The van der Waals surface area contributed by atoms with Crippen molar-refractivity contribution in [3.63, 3.8) is 0 Å². The van der Waals surface area contributed by atoms with E-state index in [2.05, 4.69) is 4.99 Å². The van der Waals surface area contributed by atoms with Gasteiger partial charge in [0.25, 0.3) is 5.56 Å². The van der Waals surface area contributed by atoms with Crippen molar-refractivity contribution in [2.45, 2.75) is 19.9 Å². The largest absolute Gasteiger partial charge is 0.546 e. The summed E-state index contributed by atoms with van der Waals surface area (Å²) in [6, 6.07) is 11.0. The number of carbonyl (C=O) groups excluding carboxylic acids is 2. The van der Waals surface area contributed by atoms with Crippen molar-refractivity contribution in [3.8, 4) is 11.5 Å². The quantitative estimate of drug-likeness (QED) is 0.397. The van der Waals surface area contributed by atoms with Gasteiger partial charge < -0.3 is 24.1 Å². The molecule has 2 aromatic carbocycles. The van der Waals surface area contributed by atoms with Crippen LogP contribution in [-0.4, -0.2) is 36.8 Å². The summed E-state index contributed by atoms with van der Waals surface area (Å²) in [4.78, 5) is 42.3. The molecule has 0 aliphatic carbocycles. The first kappa shape index (κ1) is 26.2. The number of carbonyl (C=O) groups is 2. The van der Waals surface area contributed by atoms with Crippen LogP contribution in [0.5, 0.6) is 11.5 Å². The second kappa shape index (κ2) is 11.0. The number of thiazole rings is 1. The standard InChI is InChI=1S/C26H23ClN2O7S/c1-4-35-25(33)22-14(2)28-26-29(23(22)16-6-8-17(27)9-7-16)24(32)20(37-26)12-15-5-10-18(19(11-15)34-3)36-13-21(30)31/h5-12,23H,4,13H2,1-3H3,(H,30,31)/p-1/b20-12+/t23-/m0/s1. The van der Waals surface area contributed by atoms with Crippen molar-refractivity contribution in [1.29, 1.82) is 0 Å². The number of methoxy groups -OCH3 is 1. The number of fused-ring (bicyclic) bond motifs is 1. The molecule has 9 nitrogen and oxygen atoms in total.